The first-order valence-electron chi connectivity index (χ1n) is 11.8. The quantitative estimate of drug-likeness (QED) is 0.550. The molecule has 2 heterocycles. The molecular weight excluding hydrogens is 400 g/mol. The van der Waals surface area contributed by atoms with Gasteiger partial charge in [0, 0.05) is 32.7 Å². The second-order valence-electron chi connectivity index (χ2n) is 8.63. The van der Waals surface area contributed by atoms with E-state index in [1.165, 1.54) is 16.8 Å². The van der Waals surface area contributed by atoms with Gasteiger partial charge in [-0.2, -0.15) is 0 Å². The van der Waals surface area contributed by atoms with Crippen molar-refractivity contribution in [3.05, 3.63) is 59.7 Å². The van der Waals surface area contributed by atoms with E-state index in [0.29, 0.717) is 12.5 Å². The van der Waals surface area contributed by atoms with E-state index in [2.05, 4.69) is 65.4 Å². The first-order chi connectivity index (χ1) is 15.7. The average Bonchev–Trinajstić information content (AvgIpc) is 3.31. The maximum absolute atomic E-state index is 6.12. The number of nitrogens with zero attached hydrogens (tertiary/aromatic N) is 3. The molecule has 0 bridgehead atoms. The number of morpholine rings is 1. The number of aliphatic imine (C=N–C) groups is 1. The zero-order chi connectivity index (χ0) is 22.3. The fourth-order valence-corrected chi connectivity index (χ4v) is 4.71. The number of hydrogen-bond acceptors (Lipinski definition) is 4. The van der Waals surface area contributed by atoms with Crippen molar-refractivity contribution in [1.29, 1.82) is 0 Å². The van der Waals surface area contributed by atoms with E-state index in [-0.39, 0.29) is 6.10 Å². The summed E-state index contributed by atoms with van der Waals surface area (Å²) in [5.74, 6) is 2.49. The van der Waals surface area contributed by atoms with Gasteiger partial charge in [0.05, 0.1) is 25.9 Å². The lowest BCUT2D eigenvalue weighted by atomic mass is 10.0. The summed E-state index contributed by atoms with van der Waals surface area (Å²) in [4.78, 5) is 9.84. The van der Waals surface area contributed by atoms with Crippen molar-refractivity contribution in [3.8, 4) is 5.75 Å². The number of methoxy groups -OCH3 is 1. The fourth-order valence-electron chi connectivity index (χ4n) is 4.71. The van der Waals surface area contributed by atoms with E-state index in [1.54, 1.807) is 7.11 Å². The van der Waals surface area contributed by atoms with E-state index in [1.807, 2.05) is 12.1 Å². The van der Waals surface area contributed by atoms with E-state index in [9.17, 15) is 0 Å². The monoisotopic (exact) mass is 436 g/mol. The van der Waals surface area contributed by atoms with E-state index < -0.39 is 0 Å². The molecule has 0 radical (unpaired) electrons. The minimum Gasteiger partial charge on any atom is -0.495 e. The first kappa shape index (κ1) is 22.5. The van der Waals surface area contributed by atoms with Gasteiger partial charge in [0.25, 0.3) is 0 Å². The molecule has 2 aliphatic heterocycles. The van der Waals surface area contributed by atoms with Crippen LogP contribution in [0.1, 0.15) is 30.6 Å². The molecule has 1 N–H and O–H groups in total. The number of guanidine groups is 1. The highest BCUT2D eigenvalue weighted by molar-refractivity contribution is 5.80. The molecule has 2 fully saturated rings. The van der Waals surface area contributed by atoms with Gasteiger partial charge < -0.3 is 24.6 Å². The Morgan fingerprint density at radius 3 is 2.75 bits per heavy atom. The lowest BCUT2D eigenvalue weighted by Gasteiger charge is -2.36. The number of hydrogen-bond donors (Lipinski definition) is 1. The highest BCUT2D eigenvalue weighted by Crippen LogP contribution is 2.32. The lowest BCUT2D eigenvalue weighted by molar-refractivity contribution is -0.00834. The van der Waals surface area contributed by atoms with Crippen LogP contribution < -0.4 is 15.0 Å². The Morgan fingerprint density at radius 1 is 1.12 bits per heavy atom. The van der Waals surface area contributed by atoms with Gasteiger partial charge >= 0.3 is 0 Å². The molecule has 172 valence electrons. The predicted molar refractivity (Wildman–Crippen MR) is 131 cm³/mol. The summed E-state index contributed by atoms with van der Waals surface area (Å²) in [7, 11) is 1.74. The molecular formula is C26H36N4O2. The van der Waals surface area contributed by atoms with Crippen LogP contribution in [0.4, 0.5) is 5.69 Å². The third-order valence-corrected chi connectivity index (χ3v) is 6.45. The van der Waals surface area contributed by atoms with E-state index in [4.69, 9.17) is 14.5 Å². The van der Waals surface area contributed by atoms with Crippen LogP contribution in [-0.2, 0) is 4.74 Å². The van der Waals surface area contributed by atoms with Gasteiger partial charge in [0.2, 0.25) is 0 Å². The number of para-hydroxylation sites is 2. The molecule has 4 rings (SSSR count). The van der Waals surface area contributed by atoms with Gasteiger partial charge in [0.15, 0.2) is 5.96 Å². The van der Waals surface area contributed by atoms with Gasteiger partial charge in [-0.3, -0.25) is 4.99 Å². The molecule has 6 nitrogen and oxygen atoms in total. The largest absolute Gasteiger partial charge is 0.495 e. The molecule has 0 spiro atoms. The summed E-state index contributed by atoms with van der Waals surface area (Å²) >= 11 is 0. The highest BCUT2D eigenvalue weighted by Gasteiger charge is 2.27. The second kappa shape index (κ2) is 10.7. The van der Waals surface area contributed by atoms with Crippen LogP contribution in [0.3, 0.4) is 0 Å². The summed E-state index contributed by atoms with van der Waals surface area (Å²) in [5, 5.41) is 3.51. The Labute approximate surface area is 192 Å². The van der Waals surface area contributed by atoms with Crippen LogP contribution in [0.2, 0.25) is 0 Å². The lowest BCUT2D eigenvalue weighted by Crippen LogP contribution is -2.48. The van der Waals surface area contributed by atoms with Gasteiger partial charge in [-0.25, -0.2) is 0 Å². The smallest absolute Gasteiger partial charge is 0.194 e. The molecule has 0 saturated carbocycles. The normalized spacial score (nSPS) is 21.7. The number of anilines is 1. The Bertz CT molecular complexity index is 916. The average molecular weight is 437 g/mol. The Kier molecular flexibility index (Phi) is 7.53. The number of ether oxygens (including phenoxy) is 2. The van der Waals surface area contributed by atoms with Crippen molar-refractivity contribution in [2.75, 3.05) is 57.9 Å². The van der Waals surface area contributed by atoms with E-state index in [0.717, 1.165) is 57.4 Å². The molecule has 2 atom stereocenters. The molecule has 2 aromatic carbocycles. The summed E-state index contributed by atoms with van der Waals surface area (Å²) in [6.45, 7) is 10.5. The van der Waals surface area contributed by atoms with Crippen molar-refractivity contribution in [2.45, 2.75) is 26.4 Å². The zero-order valence-electron chi connectivity index (χ0n) is 19.6. The van der Waals surface area contributed by atoms with Gasteiger partial charge in [-0.05, 0) is 49.4 Å². The van der Waals surface area contributed by atoms with Crippen LogP contribution in [-0.4, -0.2) is 63.8 Å². The third kappa shape index (κ3) is 5.18. The minimum atomic E-state index is 0.0846. The molecule has 6 heteroatoms. The molecule has 32 heavy (non-hydrogen) atoms. The Balaban J connectivity index is 1.40. The highest BCUT2D eigenvalue weighted by atomic mass is 16.5. The molecule has 2 saturated heterocycles. The molecule has 2 aromatic rings. The third-order valence-electron chi connectivity index (χ3n) is 6.45. The van der Waals surface area contributed by atoms with E-state index >= 15 is 0 Å². The van der Waals surface area contributed by atoms with Crippen molar-refractivity contribution < 1.29 is 9.47 Å². The second-order valence-corrected chi connectivity index (χ2v) is 8.63. The number of benzene rings is 2. The maximum Gasteiger partial charge on any atom is 0.194 e. The SMILES string of the molecule is CCNC(=NCC1CCN(c2ccccc2OC)C1)N1CCOC(c2ccccc2C)C1. The summed E-state index contributed by atoms with van der Waals surface area (Å²) in [6.07, 6.45) is 1.23. The van der Waals surface area contributed by atoms with Crippen molar-refractivity contribution in [1.82, 2.24) is 10.2 Å². The van der Waals surface area contributed by atoms with Crippen LogP contribution in [0.25, 0.3) is 0 Å². The van der Waals surface area contributed by atoms with Crippen LogP contribution in [0.5, 0.6) is 5.75 Å². The van der Waals surface area contributed by atoms with Gasteiger partial charge in [-0.1, -0.05) is 36.4 Å². The summed E-state index contributed by atoms with van der Waals surface area (Å²) in [6, 6.07) is 16.8. The standard InChI is InChI=1S/C26H36N4O2/c1-4-27-26(30-15-16-32-25(19-30)22-10-6-5-9-20(22)2)28-17-21-13-14-29(18-21)23-11-7-8-12-24(23)31-3/h5-12,21,25H,4,13-19H2,1-3H3,(H,27,28). The molecule has 0 aliphatic carbocycles. The topological polar surface area (TPSA) is 49.3 Å². The van der Waals surface area contributed by atoms with Crippen LogP contribution >= 0.6 is 0 Å². The maximum atomic E-state index is 6.12. The number of aryl methyl sites for hydroxylation is 1. The van der Waals surface area contributed by atoms with Crippen molar-refractivity contribution >= 4 is 11.6 Å². The number of rotatable bonds is 6. The Morgan fingerprint density at radius 2 is 1.94 bits per heavy atom. The Hall–Kier alpha value is -2.73. The van der Waals surface area contributed by atoms with Crippen molar-refractivity contribution in [2.24, 2.45) is 10.9 Å². The van der Waals surface area contributed by atoms with Gasteiger partial charge in [-0.15, -0.1) is 0 Å². The molecule has 0 aromatic heterocycles. The minimum absolute atomic E-state index is 0.0846. The van der Waals surface area contributed by atoms with Crippen molar-refractivity contribution in [3.63, 3.8) is 0 Å². The predicted octanol–water partition coefficient (Wildman–Crippen LogP) is 3.87. The fraction of sp³-hybridized carbons (Fsp3) is 0.500. The zero-order valence-corrected chi connectivity index (χ0v) is 19.6. The first-order valence-corrected chi connectivity index (χ1v) is 11.8. The van der Waals surface area contributed by atoms with Crippen LogP contribution in [0.15, 0.2) is 53.5 Å². The number of nitrogens with one attached hydrogen (secondary N) is 1. The molecule has 2 aliphatic rings. The molecule has 2 unspecified atom stereocenters. The molecule has 0 amide bonds. The van der Waals surface area contributed by atoms with Crippen LogP contribution in [0, 0.1) is 12.8 Å². The summed E-state index contributed by atoms with van der Waals surface area (Å²) < 4.78 is 11.7. The van der Waals surface area contributed by atoms with Gasteiger partial charge in [0.1, 0.15) is 11.9 Å². The summed E-state index contributed by atoms with van der Waals surface area (Å²) in [5.41, 5.74) is 3.74.